The van der Waals surface area contributed by atoms with Crippen molar-refractivity contribution in [2.75, 3.05) is 13.2 Å². The topological polar surface area (TPSA) is 9.23 Å². The van der Waals surface area contributed by atoms with Crippen molar-refractivity contribution < 1.29 is 4.74 Å². The van der Waals surface area contributed by atoms with Gasteiger partial charge < -0.3 is 4.74 Å². The highest BCUT2D eigenvalue weighted by molar-refractivity contribution is 7.42. The molecule has 15 heavy (non-hydrogen) atoms. The van der Waals surface area contributed by atoms with E-state index in [9.17, 15) is 0 Å². The molecular formula is C13H23OP. The quantitative estimate of drug-likeness (QED) is 0.649. The molecule has 1 atom stereocenters. The average Bonchev–Trinajstić information content (AvgIpc) is 2.16. The summed E-state index contributed by atoms with van der Waals surface area (Å²) < 4.78 is 5.50. The van der Waals surface area contributed by atoms with Gasteiger partial charge in [0.15, 0.2) is 0 Å². The Hall–Kier alpha value is -0.130. The second kappa shape index (κ2) is 5.27. The van der Waals surface area contributed by atoms with Gasteiger partial charge in [0.25, 0.3) is 0 Å². The minimum absolute atomic E-state index is 0.201. The monoisotopic (exact) mass is 226 g/mol. The Labute approximate surface area is 95.7 Å². The summed E-state index contributed by atoms with van der Waals surface area (Å²) in [5.41, 5.74) is 2.18. The minimum Gasteiger partial charge on any atom is -0.380 e. The molecule has 1 rings (SSSR count). The first-order valence-electron chi connectivity index (χ1n) is 5.73. The molecule has 0 saturated carbocycles. The van der Waals surface area contributed by atoms with Crippen LogP contribution >= 0.6 is 8.20 Å². The minimum atomic E-state index is 0.201. The highest BCUT2D eigenvalue weighted by Crippen LogP contribution is 2.30. The van der Waals surface area contributed by atoms with Crippen LogP contribution in [0.3, 0.4) is 0 Å². The van der Waals surface area contributed by atoms with E-state index < -0.39 is 0 Å². The van der Waals surface area contributed by atoms with E-state index in [-0.39, 0.29) is 5.41 Å². The predicted octanol–water partition coefficient (Wildman–Crippen LogP) is 3.91. The van der Waals surface area contributed by atoms with Gasteiger partial charge in [-0.3, -0.25) is 0 Å². The van der Waals surface area contributed by atoms with Crippen LogP contribution in [0, 0.1) is 5.41 Å². The molecule has 0 spiro atoms. The van der Waals surface area contributed by atoms with Crippen molar-refractivity contribution in [3.63, 3.8) is 0 Å². The van der Waals surface area contributed by atoms with Gasteiger partial charge in [-0.15, -0.1) is 0 Å². The zero-order valence-corrected chi connectivity index (χ0v) is 11.4. The summed E-state index contributed by atoms with van der Waals surface area (Å²) in [6, 6.07) is 0. The standard InChI is InChI=1S/C13H23OP/c1-10(13(3,4)5)11(2)15-12-7-6-8-14-9-12/h12H,1,6-9H2,2-5H3. The van der Waals surface area contributed by atoms with Gasteiger partial charge in [0.05, 0.1) is 6.61 Å². The van der Waals surface area contributed by atoms with Crippen LogP contribution in [0.15, 0.2) is 12.2 Å². The normalized spacial score (nSPS) is 24.0. The summed E-state index contributed by atoms with van der Waals surface area (Å²) in [5, 5.41) is 1.43. The fourth-order valence-electron chi connectivity index (χ4n) is 1.72. The molecule has 1 nitrogen and oxygen atoms in total. The summed E-state index contributed by atoms with van der Waals surface area (Å²) >= 11 is 0. The average molecular weight is 226 g/mol. The Bertz CT molecular complexity index is 254. The molecule has 86 valence electrons. The third kappa shape index (κ3) is 4.09. The highest BCUT2D eigenvalue weighted by atomic mass is 31.1. The molecule has 1 fully saturated rings. The molecule has 0 N–H and O–H groups in total. The Morgan fingerprint density at radius 2 is 2.07 bits per heavy atom. The van der Waals surface area contributed by atoms with Gasteiger partial charge in [-0.1, -0.05) is 35.6 Å². The first kappa shape index (κ1) is 12.9. The second-order valence-electron chi connectivity index (χ2n) is 5.31. The SMILES string of the molecule is C=C(C(C)=PC1CCCOC1)C(C)(C)C. The summed E-state index contributed by atoms with van der Waals surface area (Å²) in [6.07, 6.45) is 2.52. The molecule has 0 aliphatic carbocycles. The largest absolute Gasteiger partial charge is 0.380 e. The summed E-state index contributed by atoms with van der Waals surface area (Å²) in [7, 11) is 1.42. The molecule has 0 aromatic heterocycles. The van der Waals surface area contributed by atoms with Crippen molar-refractivity contribution in [3.8, 4) is 0 Å². The smallest absolute Gasteiger partial charge is 0.0570 e. The van der Waals surface area contributed by atoms with E-state index in [4.69, 9.17) is 4.74 Å². The Morgan fingerprint density at radius 1 is 1.40 bits per heavy atom. The third-order valence-electron chi connectivity index (χ3n) is 2.85. The first-order valence-corrected chi connectivity index (χ1v) is 6.69. The van der Waals surface area contributed by atoms with Gasteiger partial charge in [0.1, 0.15) is 0 Å². The van der Waals surface area contributed by atoms with E-state index in [2.05, 4.69) is 34.3 Å². The van der Waals surface area contributed by atoms with Crippen LogP contribution in [-0.4, -0.2) is 24.2 Å². The van der Waals surface area contributed by atoms with Crippen molar-refractivity contribution in [1.29, 1.82) is 0 Å². The predicted molar refractivity (Wildman–Crippen MR) is 70.0 cm³/mol. The van der Waals surface area contributed by atoms with E-state index >= 15 is 0 Å². The van der Waals surface area contributed by atoms with Crippen molar-refractivity contribution in [2.45, 2.75) is 46.2 Å². The lowest BCUT2D eigenvalue weighted by Crippen LogP contribution is -2.19. The maximum Gasteiger partial charge on any atom is 0.0570 e. The number of ether oxygens (including phenoxy) is 1. The number of allylic oxidation sites excluding steroid dienone is 1. The fraction of sp³-hybridized carbons (Fsp3) is 0.769. The molecule has 0 radical (unpaired) electrons. The molecule has 0 aromatic rings. The van der Waals surface area contributed by atoms with Gasteiger partial charge in [0, 0.05) is 12.3 Å². The van der Waals surface area contributed by atoms with E-state index in [1.807, 2.05) is 0 Å². The lowest BCUT2D eigenvalue weighted by atomic mass is 9.86. The number of rotatable bonds is 2. The van der Waals surface area contributed by atoms with Crippen LogP contribution in [0.1, 0.15) is 40.5 Å². The van der Waals surface area contributed by atoms with Gasteiger partial charge in [-0.25, -0.2) is 0 Å². The van der Waals surface area contributed by atoms with Crippen molar-refractivity contribution in [2.24, 2.45) is 5.41 Å². The lowest BCUT2D eigenvalue weighted by Gasteiger charge is -2.24. The van der Waals surface area contributed by atoms with Gasteiger partial charge in [-0.05, 0) is 36.0 Å². The fourth-order valence-corrected chi connectivity index (χ4v) is 3.25. The molecule has 1 heterocycles. The molecule has 1 aliphatic heterocycles. The van der Waals surface area contributed by atoms with E-state index in [0.29, 0.717) is 5.66 Å². The summed E-state index contributed by atoms with van der Waals surface area (Å²) in [6.45, 7) is 15.0. The maximum absolute atomic E-state index is 5.50. The molecule has 1 saturated heterocycles. The molecule has 0 aromatic carbocycles. The molecule has 2 heteroatoms. The maximum atomic E-state index is 5.50. The first-order chi connectivity index (χ1) is 6.91. The summed E-state index contributed by atoms with van der Waals surface area (Å²) in [4.78, 5) is 0. The molecule has 1 unspecified atom stereocenters. The molecular weight excluding hydrogens is 203 g/mol. The second-order valence-corrected chi connectivity index (χ2v) is 6.97. The van der Waals surface area contributed by atoms with Crippen LogP contribution in [0.2, 0.25) is 0 Å². The molecule has 0 bridgehead atoms. The van der Waals surface area contributed by atoms with Crippen molar-refractivity contribution in [1.82, 2.24) is 0 Å². The molecule has 1 aliphatic rings. The summed E-state index contributed by atoms with van der Waals surface area (Å²) in [5.74, 6) is 0. The van der Waals surface area contributed by atoms with E-state index in [1.165, 1.54) is 31.9 Å². The zero-order valence-electron chi connectivity index (χ0n) is 10.5. The van der Waals surface area contributed by atoms with E-state index in [0.717, 1.165) is 13.2 Å². The van der Waals surface area contributed by atoms with Gasteiger partial charge in [-0.2, -0.15) is 0 Å². The lowest BCUT2D eigenvalue weighted by molar-refractivity contribution is 0.101. The molecule has 0 amide bonds. The van der Waals surface area contributed by atoms with Crippen LogP contribution < -0.4 is 0 Å². The Kier molecular flexibility index (Phi) is 4.55. The number of hydrogen-bond donors (Lipinski definition) is 0. The third-order valence-corrected chi connectivity index (χ3v) is 4.28. The van der Waals surface area contributed by atoms with Crippen LogP contribution in [0.5, 0.6) is 0 Å². The Balaban J connectivity index is 2.62. The van der Waals surface area contributed by atoms with Crippen LogP contribution in [0.4, 0.5) is 0 Å². The van der Waals surface area contributed by atoms with Crippen LogP contribution in [-0.2, 0) is 4.74 Å². The van der Waals surface area contributed by atoms with E-state index in [1.54, 1.807) is 0 Å². The highest BCUT2D eigenvalue weighted by Gasteiger charge is 2.18. The van der Waals surface area contributed by atoms with Crippen molar-refractivity contribution in [3.05, 3.63) is 12.2 Å². The Morgan fingerprint density at radius 3 is 2.53 bits per heavy atom. The van der Waals surface area contributed by atoms with Gasteiger partial charge >= 0.3 is 0 Å². The number of hydrogen-bond acceptors (Lipinski definition) is 1. The zero-order chi connectivity index (χ0) is 11.5. The van der Waals surface area contributed by atoms with Crippen molar-refractivity contribution >= 4 is 13.5 Å². The van der Waals surface area contributed by atoms with Gasteiger partial charge in [0.2, 0.25) is 0 Å². The van der Waals surface area contributed by atoms with Crippen LogP contribution in [0.25, 0.3) is 0 Å².